The Kier molecular flexibility index (Phi) is 6.03. The van der Waals surface area contributed by atoms with Gasteiger partial charge in [0.15, 0.2) is 6.61 Å². The van der Waals surface area contributed by atoms with Gasteiger partial charge in [0, 0.05) is 12.2 Å². The lowest BCUT2D eigenvalue weighted by Gasteiger charge is -2.09. The van der Waals surface area contributed by atoms with E-state index in [1.165, 1.54) is 0 Å². The largest absolute Gasteiger partial charge is 0.452 e. The Balaban J connectivity index is 2.41. The number of esters is 1. The average Bonchev–Trinajstić information content (AvgIpc) is 2.35. The van der Waals surface area contributed by atoms with E-state index >= 15 is 0 Å². The fourth-order valence-corrected chi connectivity index (χ4v) is 1.68. The first kappa shape index (κ1) is 16.0. The average molecular weight is 278 g/mol. The van der Waals surface area contributed by atoms with E-state index in [1.807, 2.05) is 0 Å². The molecule has 1 amide bonds. The van der Waals surface area contributed by atoms with Crippen LogP contribution in [0.15, 0.2) is 18.2 Å². The van der Waals surface area contributed by atoms with Gasteiger partial charge in [-0.05, 0) is 43.0 Å². The molecule has 1 aromatic carbocycles. The second-order valence-electron chi connectivity index (χ2n) is 5.18. The molecule has 0 bridgehead atoms. The number of anilines is 1. The summed E-state index contributed by atoms with van der Waals surface area (Å²) in [6, 6.07) is 4.93. The maximum absolute atomic E-state index is 11.8. The fourth-order valence-electron chi connectivity index (χ4n) is 1.68. The standard InChI is InChI=1S/C15H22N2O3/c1-10(2)6-7-17-14(18)9-20-15(19)13-5-4-12(16)8-11(13)3/h4-5,8,10H,6-7,9,16H2,1-3H3,(H,17,18). The third-order valence-corrected chi connectivity index (χ3v) is 2.85. The summed E-state index contributed by atoms with van der Waals surface area (Å²) in [5, 5.41) is 2.71. The van der Waals surface area contributed by atoms with Gasteiger partial charge in [0.25, 0.3) is 5.91 Å². The predicted octanol–water partition coefficient (Wildman–Crippen LogP) is 1.90. The zero-order chi connectivity index (χ0) is 15.1. The number of rotatable bonds is 6. The number of amides is 1. The van der Waals surface area contributed by atoms with Gasteiger partial charge in [0.05, 0.1) is 5.56 Å². The quantitative estimate of drug-likeness (QED) is 0.615. The Bertz CT molecular complexity index is 484. The van der Waals surface area contributed by atoms with E-state index in [2.05, 4.69) is 19.2 Å². The third kappa shape index (κ3) is 5.30. The number of nitrogens with one attached hydrogen (secondary N) is 1. The molecule has 0 spiro atoms. The molecule has 0 radical (unpaired) electrons. The lowest BCUT2D eigenvalue weighted by Crippen LogP contribution is -2.30. The van der Waals surface area contributed by atoms with Crippen molar-refractivity contribution in [2.24, 2.45) is 5.92 Å². The van der Waals surface area contributed by atoms with E-state index in [-0.39, 0.29) is 12.5 Å². The number of aryl methyl sites for hydroxylation is 1. The molecule has 0 aliphatic carbocycles. The van der Waals surface area contributed by atoms with E-state index in [0.717, 1.165) is 12.0 Å². The van der Waals surface area contributed by atoms with Crippen molar-refractivity contribution in [2.75, 3.05) is 18.9 Å². The van der Waals surface area contributed by atoms with Crippen molar-refractivity contribution < 1.29 is 14.3 Å². The summed E-state index contributed by atoms with van der Waals surface area (Å²) in [4.78, 5) is 23.3. The van der Waals surface area contributed by atoms with Crippen LogP contribution >= 0.6 is 0 Å². The van der Waals surface area contributed by atoms with Gasteiger partial charge in [-0.3, -0.25) is 4.79 Å². The topological polar surface area (TPSA) is 81.4 Å². The third-order valence-electron chi connectivity index (χ3n) is 2.85. The maximum Gasteiger partial charge on any atom is 0.338 e. The van der Waals surface area contributed by atoms with Crippen molar-refractivity contribution in [1.82, 2.24) is 5.32 Å². The molecule has 20 heavy (non-hydrogen) atoms. The van der Waals surface area contributed by atoms with Crippen LogP contribution in [0.1, 0.15) is 36.2 Å². The minimum absolute atomic E-state index is 0.263. The first-order valence-corrected chi connectivity index (χ1v) is 6.70. The van der Waals surface area contributed by atoms with E-state index in [9.17, 15) is 9.59 Å². The van der Waals surface area contributed by atoms with Crippen LogP contribution in [-0.4, -0.2) is 25.0 Å². The molecule has 0 aliphatic rings. The lowest BCUT2D eigenvalue weighted by atomic mass is 10.1. The molecule has 5 heteroatoms. The number of nitrogens with two attached hydrogens (primary N) is 1. The Morgan fingerprint density at radius 1 is 1.35 bits per heavy atom. The number of carbonyl (C=O) groups excluding carboxylic acids is 2. The summed E-state index contributed by atoms with van der Waals surface area (Å²) >= 11 is 0. The van der Waals surface area contributed by atoms with E-state index < -0.39 is 5.97 Å². The minimum Gasteiger partial charge on any atom is -0.452 e. The molecule has 1 aromatic rings. The first-order valence-electron chi connectivity index (χ1n) is 6.70. The minimum atomic E-state index is -0.512. The number of hydrogen-bond donors (Lipinski definition) is 2. The maximum atomic E-state index is 11.8. The van der Waals surface area contributed by atoms with Gasteiger partial charge in [-0.25, -0.2) is 4.79 Å². The van der Waals surface area contributed by atoms with Gasteiger partial charge in [-0.2, -0.15) is 0 Å². The highest BCUT2D eigenvalue weighted by Gasteiger charge is 2.12. The number of nitrogen functional groups attached to an aromatic ring is 1. The number of ether oxygens (including phenoxy) is 1. The highest BCUT2D eigenvalue weighted by molar-refractivity contribution is 5.93. The fraction of sp³-hybridized carbons (Fsp3) is 0.467. The van der Waals surface area contributed by atoms with Crippen LogP contribution in [0.2, 0.25) is 0 Å². The lowest BCUT2D eigenvalue weighted by molar-refractivity contribution is -0.124. The van der Waals surface area contributed by atoms with Gasteiger partial charge in [0.2, 0.25) is 0 Å². The van der Waals surface area contributed by atoms with Crippen molar-refractivity contribution in [3.63, 3.8) is 0 Å². The summed E-state index contributed by atoms with van der Waals surface area (Å²) in [7, 11) is 0. The van der Waals surface area contributed by atoms with Crippen LogP contribution in [0.3, 0.4) is 0 Å². The van der Waals surface area contributed by atoms with Gasteiger partial charge < -0.3 is 15.8 Å². The molecular formula is C15H22N2O3. The molecule has 0 fully saturated rings. The molecule has 0 atom stereocenters. The Labute approximate surface area is 119 Å². The summed E-state index contributed by atoms with van der Waals surface area (Å²) in [6.07, 6.45) is 0.900. The van der Waals surface area contributed by atoms with Crippen LogP contribution in [0.5, 0.6) is 0 Å². The van der Waals surface area contributed by atoms with Crippen LogP contribution in [0.4, 0.5) is 5.69 Å². The van der Waals surface area contributed by atoms with E-state index in [1.54, 1.807) is 25.1 Å². The Morgan fingerprint density at radius 2 is 2.05 bits per heavy atom. The zero-order valence-electron chi connectivity index (χ0n) is 12.2. The van der Waals surface area contributed by atoms with Crippen molar-refractivity contribution in [2.45, 2.75) is 27.2 Å². The second-order valence-corrected chi connectivity index (χ2v) is 5.18. The first-order chi connectivity index (χ1) is 9.40. The highest BCUT2D eigenvalue weighted by atomic mass is 16.5. The van der Waals surface area contributed by atoms with Gasteiger partial charge >= 0.3 is 5.97 Å². The normalized spacial score (nSPS) is 10.4. The SMILES string of the molecule is Cc1cc(N)ccc1C(=O)OCC(=O)NCCC(C)C. The summed E-state index contributed by atoms with van der Waals surface area (Å²) in [6.45, 7) is 6.26. The predicted molar refractivity (Wildman–Crippen MR) is 78.3 cm³/mol. The Hall–Kier alpha value is -2.04. The van der Waals surface area contributed by atoms with Gasteiger partial charge in [-0.15, -0.1) is 0 Å². The number of carbonyl (C=O) groups is 2. The van der Waals surface area contributed by atoms with Crippen molar-refractivity contribution >= 4 is 17.6 Å². The molecule has 1 rings (SSSR count). The monoisotopic (exact) mass is 278 g/mol. The van der Waals surface area contributed by atoms with Crippen LogP contribution in [-0.2, 0) is 9.53 Å². The zero-order valence-corrected chi connectivity index (χ0v) is 12.2. The molecule has 0 unspecified atom stereocenters. The van der Waals surface area contributed by atoms with Gasteiger partial charge in [0.1, 0.15) is 0 Å². The molecule has 0 saturated heterocycles. The Morgan fingerprint density at radius 3 is 2.65 bits per heavy atom. The molecule has 110 valence electrons. The molecule has 0 heterocycles. The molecule has 0 saturated carbocycles. The van der Waals surface area contributed by atoms with Crippen LogP contribution in [0, 0.1) is 12.8 Å². The second kappa shape index (κ2) is 7.53. The van der Waals surface area contributed by atoms with Crippen molar-refractivity contribution in [3.05, 3.63) is 29.3 Å². The summed E-state index contributed by atoms with van der Waals surface area (Å²) in [5.74, 6) is -0.274. The molecular weight excluding hydrogens is 256 g/mol. The molecule has 0 aromatic heterocycles. The summed E-state index contributed by atoms with van der Waals surface area (Å²) < 4.78 is 4.98. The molecule has 5 nitrogen and oxygen atoms in total. The number of benzene rings is 1. The van der Waals surface area contributed by atoms with Crippen molar-refractivity contribution in [1.29, 1.82) is 0 Å². The smallest absolute Gasteiger partial charge is 0.338 e. The number of hydrogen-bond acceptors (Lipinski definition) is 4. The van der Waals surface area contributed by atoms with Crippen LogP contribution < -0.4 is 11.1 Å². The van der Waals surface area contributed by atoms with Crippen LogP contribution in [0.25, 0.3) is 0 Å². The van der Waals surface area contributed by atoms with E-state index in [0.29, 0.717) is 23.7 Å². The van der Waals surface area contributed by atoms with Crippen molar-refractivity contribution in [3.8, 4) is 0 Å². The van der Waals surface area contributed by atoms with Gasteiger partial charge in [-0.1, -0.05) is 13.8 Å². The van der Waals surface area contributed by atoms with E-state index in [4.69, 9.17) is 10.5 Å². The highest BCUT2D eigenvalue weighted by Crippen LogP contribution is 2.13. The molecule has 0 aliphatic heterocycles. The molecule has 3 N–H and O–H groups in total. The summed E-state index contributed by atoms with van der Waals surface area (Å²) in [5.41, 5.74) is 7.36.